The largest absolute Gasteiger partial charge is 0.379 e. The molecule has 2 aliphatic rings. The van der Waals surface area contributed by atoms with Crippen molar-refractivity contribution in [3.05, 3.63) is 29.3 Å². The summed E-state index contributed by atoms with van der Waals surface area (Å²) in [7, 11) is -3.44. The average molecular weight is 353 g/mol. The van der Waals surface area contributed by atoms with Crippen molar-refractivity contribution in [3.63, 3.8) is 0 Å². The van der Waals surface area contributed by atoms with Gasteiger partial charge in [-0.3, -0.25) is 0 Å². The Balaban J connectivity index is 1.65. The predicted molar refractivity (Wildman–Crippen MR) is 89.6 cm³/mol. The summed E-state index contributed by atoms with van der Waals surface area (Å²) < 4.78 is 35.5. The van der Waals surface area contributed by atoms with Crippen LogP contribution in [0.2, 0.25) is 0 Å². The molecule has 1 aromatic carbocycles. The Kier molecular flexibility index (Phi) is 4.10. The van der Waals surface area contributed by atoms with E-state index in [-0.39, 0.29) is 6.04 Å². The maximum absolute atomic E-state index is 13.0. The summed E-state index contributed by atoms with van der Waals surface area (Å²) in [6.07, 6.45) is 1.72. The SMILES string of the molecule is O=S(=O)(N1CCOCC1)N1CCC[C@H]1c1nc2ccccc2s1. The van der Waals surface area contributed by atoms with Crippen molar-refractivity contribution in [2.45, 2.75) is 18.9 Å². The molecule has 1 aromatic heterocycles. The van der Waals surface area contributed by atoms with Crippen LogP contribution in [0.1, 0.15) is 23.9 Å². The molecule has 2 fully saturated rings. The molecule has 0 N–H and O–H groups in total. The van der Waals surface area contributed by atoms with E-state index in [4.69, 9.17) is 4.74 Å². The molecule has 2 aromatic rings. The van der Waals surface area contributed by atoms with Crippen LogP contribution in [0, 0.1) is 0 Å². The second-order valence-electron chi connectivity index (χ2n) is 5.81. The summed E-state index contributed by atoms with van der Waals surface area (Å²) in [5.74, 6) is 0. The number of hydrogen-bond acceptors (Lipinski definition) is 5. The van der Waals surface area contributed by atoms with Crippen LogP contribution in [0.4, 0.5) is 0 Å². The topological polar surface area (TPSA) is 62.7 Å². The van der Waals surface area contributed by atoms with Crippen LogP contribution in [0.5, 0.6) is 0 Å². The molecule has 8 heteroatoms. The van der Waals surface area contributed by atoms with E-state index >= 15 is 0 Å². The molecule has 4 rings (SSSR count). The van der Waals surface area contributed by atoms with Crippen molar-refractivity contribution in [3.8, 4) is 0 Å². The normalized spacial score (nSPS) is 24.4. The standard InChI is InChI=1S/C15H19N3O3S2/c19-23(20,17-8-10-21-11-9-17)18-7-3-5-13(18)15-16-12-4-1-2-6-14(12)22-15/h1-2,4,6,13H,3,5,7-11H2/t13-/m0/s1. The number of fused-ring (bicyclic) bond motifs is 1. The summed E-state index contributed by atoms with van der Waals surface area (Å²) in [4.78, 5) is 4.67. The highest BCUT2D eigenvalue weighted by Crippen LogP contribution is 2.38. The van der Waals surface area contributed by atoms with Crippen LogP contribution in [0.15, 0.2) is 24.3 Å². The first-order valence-electron chi connectivity index (χ1n) is 7.86. The van der Waals surface area contributed by atoms with Gasteiger partial charge in [0.15, 0.2) is 0 Å². The van der Waals surface area contributed by atoms with Crippen LogP contribution >= 0.6 is 11.3 Å². The number of aromatic nitrogens is 1. The number of para-hydroxylation sites is 1. The van der Waals surface area contributed by atoms with Crippen LogP contribution in [0.25, 0.3) is 10.2 Å². The van der Waals surface area contributed by atoms with Gasteiger partial charge in [0.1, 0.15) is 5.01 Å². The summed E-state index contributed by atoms with van der Waals surface area (Å²) >= 11 is 1.60. The highest BCUT2D eigenvalue weighted by atomic mass is 32.2. The van der Waals surface area contributed by atoms with Gasteiger partial charge < -0.3 is 4.74 Å². The Morgan fingerprint density at radius 3 is 2.74 bits per heavy atom. The monoisotopic (exact) mass is 353 g/mol. The van der Waals surface area contributed by atoms with Crippen molar-refractivity contribution < 1.29 is 13.2 Å². The fourth-order valence-electron chi connectivity index (χ4n) is 3.22. The molecule has 0 aliphatic carbocycles. The van der Waals surface area contributed by atoms with E-state index in [2.05, 4.69) is 4.98 Å². The van der Waals surface area contributed by atoms with E-state index in [1.807, 2.05) is 24.3 Å². The number of nitrogens with zero attached hydrogens (tertiary/aromatic N) is 3. The molecular weight excluding hydrogens is 334 g/mol. The summed E-state index contributed by atoms with van der Waals surface area (Å²) in [5, 5.41) is 0.903. The molecule has 124 valence electrons. The molecule has 0 amide bonds. The Bertz CT molecular complexity index is 766. The van der Waals surface area contributed by atoms with Crippen molar-refractivity contribution in [1.82, 2.24) is 13.6 Å². The minimum atomic E-state index is -3.44. The first kappa shape index (κ1) is 15.5. The van der Waals surface area contributed by atoms with Crippen LogP contribution in [0.3, 0.4) is 0 Å². The third-order valence-corrected chi connectivity index (χ3v) is 7.58. The van der Waals surface area contributed by atoms with Gasteiger partial charge >= 0.3 is 0 Å². The first-order chi connectivity index (χ1) is 11.2. The van der Waals surface area contributed by atoms with Gasteiger partial charge in [-0.2, -0.15) is 17.0 Å². The number of ether oxygens (including phenoxy) is 1. The van der Waals surface area contributed by atoms with E-state index in [1.54, 1.807) is 19.9 Å². The average Bonchev–Trinajstić information content (AvgIpc) is 3.22. The molecule has 2 saturated heterocycles. The van der Waals surface area contributed by atoms with Gasteiger partial charge in [0, 0.05) is 19.6 Å². The Morgan fingerprint density at radius 2 is 1.96 bits per heavy atom. The molecule has 0 saturated carbocycles. The number of morpholine rings is 1. The fourth-order valence-corrected chi connectivity index (χ4v) is 6.20. The zero-order chi connectivity index (χ0) is 15.9. The number of thiazole rings is 1. The van der Waals surface area contributed by atoms with Crippen LogP contribution in [-0.2, 0) is 14.9 Å². The minimum Gasteiger partial charge on any atom is -0.379 e. The number of hydrogen-bond donors (Lipinski definition) is 0. The maximum atomic E-state index is 13.0. The quantitative estimate of drug-likeness (QED) is 0.847. The molecule has 0 unspecified atom stereocenters. The minimum absolute atomic E-state index is 0.139. The number of benzene rings is 1. The van der Waals surface area contributed by atoms with Crippen LogP contribution < -0.4 is 0 Å². The third-order valence-electron chi connectivity index (χ3n) is 4.39. The highest BCUT2D eigenvalue weighted by molar-refractivity contribution is 7.86. The second-order valence-corrected chi connectivity index (χ2v) is 8.75. The molecular formula is C15H19N3O3S2. The van der Waals surface area contributed by atoms with Crippen molar-refractivity contribution in [2.75, 3.05) is 32.8 Å². The molecule has 1 atom stereocenters. The van der Waals surface area contributed by atoms with E-state index in [9.17, 15) is 8.42 Å². The van der Waals surface area contributed by atoms with E-state index in [0.717, 1.165) is 28.1 Å². The lowest BCUT2D eigenvalue weighted by atomic mass is 10.2. The Hall–Kier alpha value is -1.06. The second kappa shape index (κ2) is 6.10. The molecule has 0 radical (unpaired) electrons. The van der Waals surface area contributed by atoms with Crippen molar-refractivity contribution >= 4 is 31.8 Å². The fraction of sp³-hybridized carbons (Fsp3) is 0.533. The Morgan fingerprint density at radius 1 is 1.17 bits per heavy atom. The summed E-state index contributed by atoms with van der Waals surface area (Å²) in [6, 6.07) is 7.82. The molecule has 3 heterocycles. The maximum Gasteiger partial charge on any atom is 0.282 e. The van der Waals surface area contributed by atoms with Gasteiger partial charge in [0.2, 0.25) is 0 Å². The van der Waals surface area contributed by atoms with Gasteiger partial charge in [-0.05, 0) is 25.0 Å². The number of rotatable bonds is 3. The smallest absolute Gasteiger partial charge is 0.282 e. The van der Waals surface area contributed by atoms with Crippen LogP contribution in [-0.4, -0.2) is 54.9 Å². The zero-order valence-electron chi connectivity index (χ0n) is 12.7. The van der Waals surface area contributed by atoms with Crippen molar-refractivity contribution in [2.24, 2.45) is 0 Å². The van der Waals surface area contributed by atoms with Gasteiger partial charge in [0.25, 0.3) is 10.2 Å². The lowest BCUT2D eigenvalue weighted by molar-refractivity contribution is 0.0699. The zero-order valence-corrected chi connectivity index (χ0v) is 14.4. The molecule has 0 spiro atoms. The predicted octanol–water partition coefficient (Wildman–Crippen LogP) is 2.01. The molecule has 6 nitrogen and oxygen atoms in total. The molecule has 23 heavy (non-hydrogen) atoms. The van der Waals surface area contributed by atoms with E-state index < -0.39 is 10.2 Å². The molecule has 0 bridgehead atoms. The Labute approximate surface area is 139 Å². The first-order valence-corrected chi connectivity index (χ1v) is 10.1. The molecule has 2 aliphatic heterocycles. The van der Waals surface area contributed by atoms with E-state index in [0.29, 0.717) is 32.8 Å². The van der Waals surface area contributed by atoms with Gasteiger partial charge in [-0.15, -0.1) is 11.3 Å². The lowest BCUT2D eigenvalue weighted by Gasteiger charge is -2.32. The summed E-state index contributed by atoms with van der Waals surface area (Å²) in [6.45, 7) is 2.38. The lowest BCUT2D eigenvalue weighted by Crippen LogP contribution is -2.48. The third kappa shape index (κ3) is 2.78. The van der Waals surface area contributed by atoms with E-state index in [1.165, 1.54) is 0 Å². The highest BCUT2D eigenvalue weighted by Gasteiger charge is 2.40. The van der Waals surface area contributed by atoms with Crippen molar-refractivity contribution in [1.29, 1.82) is 0 Å². The van der Waals surface area contributed by atoms with Gasteiger partial charge in [0.05, 0.1) is 29.5 Å². The summed E-state index contributed by atoms with van der Waals surface area (Å²) in [5.41, 5.74) is 0.947. The van der Waals surface area contributed by atoms with Gasteiger partial charge in [-0.25, -0.2) is 4.98 Å². The van der Waals surface area contributed by atoms with Gasteiger partial charge in [-0.1, -0.05) is 12.1 Å².